The maximum atomic E-state index is 9.84. The summed E-state index contributed by atoms with van der Waals surface area (Å²) in [6, 6.07) is 12.0. The van der Waals surface area contributed by atoms with Gasteiger partial charge in [-0.3, -0.25) is 4.90 Å². The third kappa shape index (κ3) is 2.01. The van der Waals surface area contributed by atoms with Crippen molar-refractivity contribution in [2.45, 2.75) is 19.4 Å². The molecule has 1 heterocycles. The number of hydrogen-bond acceptors (Lipinski definition) is 2. The second-order valence-electron chi connectivity index (χ2n) is 4.77. The van der Waals surface area contributed by atoms with E-state index in [4.69, 9.17) is 0 Å². The molecule has 88 valence electrons. The number of fused-ring (bicyclic) bond motifs is 1. The molecule has 0 saturated carbocycles. The molecule has 1 aliphatic heterocycles. The zero-order valence-electron chi connectivity index (χ0n) is 9.89. The molecule has 1 aliphatic rings. The van der Waals surface area contributed by atoms with Crippen molar-refractivity contribution in [2.24, 2.45) is 0 Å². The smallest absolute Gasteiger partial charge is 0.123 e. The van der Waals surface area contributed by atoms with E-state index in [-0.39, 0.29) is 0 Å². The van der Waals surface area contributed by atoms with E-state index in [2.05, 4.69) is 17.0 Å². The largest absolute Gasteiger partial charge is 0.507 e. The van der Waals surface area contributed by atoms with Crippen LogP contribution in [0.4, 0.5) is 0 Å². The molecule has 1 N–H and O–H groups in total. The summed E-state index contributed by atoms with van der Waals surface area (Å²) in [6.07, 6.45) is 2.63. The first-order chi connectivity index (χ1) is 8.34. The van der Waals surface area contributed by atoms with Gasteiger partial charge >= 0.3 is 0 Å². The Hall–Kier alpha value is -1.54. The highest BCUT2D eigenvalue weighted by molar-refractivity contribution is 5.90. The Kier molecular flexibility index (Phi) is 2.73. The number of aromatic hydroxyl groups is 1. The van der Waals surface area contributed by atoms with Crippen LogP contribution in [0.3, 0.4) is 0 Å². The van der Waals surface area contributed by atoms with Gasteiger partial charge in [0.2, 0.25) is 0 Å². The lowest BCUT2D eigenvalue weighted by atomic mass is 10.0. The highest BCUT2D eigenvalue weighted by Gasteiger charge is 2.13. The van der Waals surface area contributed by atoms with Crippen LogP contribution in [-0.4, -0.2) is 23.1 Å². The van der Waals surface area contributed by atoms with Crippen LogP contribution in [0.15, 0.2) is 36.4 Å². The van der Waals surface area contributed by atoms with E-state index < -0.39 is 0 Å². The summed E-state index contributed by atoms with van der Waals surface area (Å²) in [5, 5.41) is 12.0. The zero-order valence-corrected chi connectivity index (χ0v) is 9.89. The first-order valence-corrected chi connectivity index (χ1v) is 6.26. The molecule has 1 fully saturated rings. The number of rotatable bonds is 2. The minimum atomic E-state index is 0.380. The third-order valence-electron chi connectivity index (χ3n) is 3.58. The van der Waals surface area contributed by atoms with Crippen LogP contribution >= 0.6 is 0 Å². The lowest BCUT2D eigenvalue weighted by Gasteiger charge is -2.16. The van der Waals surface area contributed by atoms with Gasteiger partial charge in [0.15, 0.2) is 0 Å². The van der Waals surface area contributed by atoms with Gasteiger partial charge < -0.3 is 5.11 Å². The standard InChI is InChI=1S/C15H17NO/c17-15-8-7-12(11-16-9-3-4-10-16)13-5-1-2-6-14(13)15/h1-2,5-8,17H,3-4,9-11H2. The number of likely N-dealkylation sites (tertiary alicyclic amines) is 1. The molecular formula is C15H17NO. The van der Waals surface area contributed by atoms with Crippen LogP contribution < -0.4 is 0 Å². The Morgan fingerprint density at radius 1 is 0.941 bits per heavy atom. The van der Waals surface area contributed by atoms with E-state index in [1.807, 2.05) is 24.3 Å². The molecule has 2 nitrogen and oxygen atoms in total. The van der Waals surface area contributed by atoms with Crippen LogP contribution in [0.2, 0.25) is 0 Å². The number of hydrogen-bond donors (Lipinski definition) is 1. The van der Waals surface area contributed by atoms with Crippen molar-refractivity contribution < 1.29 is 5.11 Å². The minimum absolute atomic E-state index is 0.380. The van der Waals surface area contributed by atoms with Gasteiger partial charge in [-0.25, -0.2) is 0 Å². The minimum Gasteiger partial charge on any atom is -0.507 e. The average Bonchev–Trinajstić information content (AvgIpc) is 2.86. The summed E-state index contributed by atoms with van der Waals surface area (Å²) in [4.78, 5) is 2.48. The van der Waals surface area contributed by atoms with Crippen LogP contribution in [-0.2, 0) is 6.54 Å². The van der Waals surface area contributed by atoms with E-state index in [9.17, 15) is 5.11 Å². The van der Waals surface area contributed by atoms with Gasteiger partial charge in [-0.2, -0.15) is 0 Å². The van der Waals surface area contributed by atoms with Gasteiger partial charge in [0, 0.05) is 11.9 Å². The molecule has 0 aromatic heterocycles. The van der Waals surface area contributed by atoms with Crippen LogP contribution in [0, 0.1) is 0 Å². The SMILES string of the molecule is Oc1ccc(CN2CCCC2)c2ccccc12. The Labute approximate surface area is 101 Å². The van der Waals surface area contributed by atoms with Crippen LogP contribution in [0.1, 0.15) is 18.4 Å². The molecule has 0 spiro atoms. The number of benzene rings is 2. The van der Waals surface area contributed by atoms with Crippen molar-refractivity contribution in [1.82, 2.24) is 4.90 Å². The first kappa shape index (κ1) is 10.6. The van der Waals surface area contributed by atoms with E-state index in [1.165, 1.54) is 36.9 Å². The highest BCUT2D eigenvalue weighted by atomic mass is 16.3. The number of nitrogens with zero attached hydrogens (tertiary/aromatic N) is 1. The second kappa shape index (κ2) is 4.38. The van der Waals surface area contributed by atoms with Gasteiger partial charge in [0.05, 0.1) is 0 Å². The van der Waals surface area contributed by atoms with Gasteiger partial charge in [-0.15, -0.1) is 0 Å². The van der Waals surface area contributed by atoms with Crippen molar-refractivity contribution in [3.05, 3.63) is 42.0 Å². The highest BCUT2D eigenvalue weighted by Crippen LogP contribution is 2.28. The summed E-state index contributed by atoms with van der Waals surface area (Å²) < 4.78 is 0. The fourth-order valence-electron chi connectivity index (χ4n) is 2.67. The second-order valence-corrected chi connectivity index (χ2v) is 4.77. The Bertz CT molecular complexity index is 529. The summed E-state index contributed by atoms with van der Waals surface area (Å²) >= 11 is 0. The van der Waals surface area contributed by atoms with E-state index in [0.29, 0.717) is 5.75 Å². The predicted molar refractivity (Wildman–Crippen MR) is 70.1 cm³/mol. The Balaban J connectivity index is 2.01. The van der Waals surface area contributed by atoms with E-state index in [1.54, 1.807) is 0 Å². The maximum Gasteiger partial charge on any atom is 0.123 e. The predicted octanol–water partition coefficient (Wildman–Crippen LogP) is 3.14. The summed E-state index contributed by atoms with van der Waals surface area (Å²) in [7, 11) is 0. The fourth-order valence-corrected chi connectivity index (χ4v) is 2.67. The quantitative estimate of drug-likeness (QED) is 0.852. The lowest BCUT2D eigenvalue weighted by Crippen LogP contribution is -2.18. The molecule has 3 rings (SSSR count). The molecule has 2 heteroatoms. The summed E-state index contributed by atoms with van der Waals surface area (Å²) in [6.45, 7) is 3.41. The molecular weight excluding hydrogens is 210 g/mol. The molecule has 1 saturated heterocycles. The summed E-state index contributed by atoms with van der Waals surface area (Å²) in [5.41, 5.74) is 1.32. The summed E-state index contributed by atoms with van der Waals surface area (Å²) in [5.74, 6) is 0.380. The van der Waals surface area contributed by atoms with Gasteiger partial charge in [-0.05, 0) is 42.9 Å². The Morgan fingerprint density at radius 3 is 2.41 bits per heavy atom. The van der Waals surface area contributed by atoms with Crippen molar-refractivity contribution in [3.63, 3.8) is 0 Å². The van der Waals surface area contributed by atoms with Gasteiger partial charge in [0.25, 0.3) is 0 Å². The molecule has 0 aliphatic carbocycles. The molecule has 0 radical (unpaired) electrons. The number of phenolic OH excluding ortho intramolecular Hbond substituents is 1. The first-order valence-electron chi connectivity index (χ1n) is 6.26. The van der Waals surface area contributed by atoms with Gasteiger partial charge in [0.1, 0.15) is 5.75 Å². The van der Waals surface area contributed by atoms with Crippen LogP contribution in [0.25, 0.3) is 10.8 Å². The fraction of sp³-hybridized carbons (Fsp3) is 0.333. The lowest BCUT2D eigenvalue weighted by molar-refractivity contribution is 0.332. The average molecular weight is 227 g/mol. The Morgan fingerprint density at radius 2 is 1.65 bits per heavy atom. The molecule has 2 aromatic rings. The van der Waals surface area contributed by atoms with E-state index >= 15 is 0 Å². The third-order valence-corrected chi connectivity index (χ3v) is 3.58. The van der Waals surface area contributed by atoms with E-state index in [0.717, 1.165) is 11.9 Å². The monoisotopic (exact) mass is 227 g/mol. The molecule has 0 amide bonds. The van der Waals surface area contributed by atoms with Crippen molar-refractivity contribution in [3.8, 4) is 5.75 Å². The van der Waals surface area contributed by atoms with Crippen molar-refractivity contribution in [1.29, 1.82) is 0 Å². The molecule has 2 aromatic carbocycles. The zero-order chi connectivity index (χ0) is 11.7. The number of phenols is 1. The molecule has 0 bridgehead atoms. The molecule has 0 atom stereocenters. The van der Waals surface area contributed by atoms with Crippen LogP contribution in [0.5, 0.6) is 5.75 Å². The van der Waals surface area contributed by atoms with Crippen molar-refractivity contribution >= 4 is 10.8 Å². The molecule has 17 heavy (non-hydrogen) atoms. The topological polar surface area (TPSA) is 23.5 Å². The van der Waals surface area contributed by atoms with Crippen molar-refractivity contribution in [2.75, 3.05) is 13.1 Å². The molecule has 0 unspecified atom stereocenters. The van der Waals surface area contributed by atoms with Gasteiger partial charge in [-0.1, -0.05) is 30.3 Å². The maximum absolute atomic E-state index is 9.84. The normalized spacial score (nSPS) is 16.7.